The molecular weight excluding hydrogens is 230 g/mol. The Morgan fingerprint density at radius 3 is 3.00 bits per heavy atom. The van der Waals surface area contributed by atoms with Crippen LogP contribution >= 0.6 is 23.4 Å². The number of rotatable bonds is 2. The van der Waals surface area contributed by atoms with Crippen molar-refractivity contribution in [3.63, 3.8) is 0 Å². The molecule has 1 aliphatic heterocycles. The molecule has 2 rings (SSSR count). The molecule has 0 saturated carbocycles. The van der Waals surface area contributed by atoms with Gasteiger partial charge in [-0.05, 0) is 30.4 Å². The van der Waals surface area contributed by atoms with Crippen LogP contribution in [0.5, 0.6) is 0 Å². The van der Waals surface area contributed by atoms with Crippen LogP contribution in [0.1, 0.15) is 16.8 Å². The first-order valence-electron chi connectivity index (χ1n) is 4.85. The Labute approximate surface area is 98.2 Å². The van der Waals surface area contributed by atoms with Crippen molar-refractivity contribution in [2.45, 2.75) is 6.42 Å². The molecule has 1 aromatic carbocycles. The molecule has 15 heavy (non-hydrogen) atoms. The minimum Gasteiger partial charge on any atom is -0.398 e. The maximum Gasteiger partial charge on any atom is 0.168 e. The molecule has 0 bridgehead atoms. The summed E-state index contributed by atoms with van der Waals surface area (Å²) in [5.41, 5.74) is 6.88. The number of hydrogen-bond acceptors (Lipinski definition) is 3. The highest BCUT2D eigenvalue weighted by Gasteiger charge is 2.25. The van der Waals surface area contributed by atoms with E-state index in [1.54, 1.807) is 18.2 Å². The molecule has 1 fully saturated rings. The van der Waals surface area contributed by atoms with Gasteiger partial charge in [-0.25, -0.2) is 0 Å². The molecule has 1 saturated heterocycles. The molecule has 2 nitrogen and oxygen atoms in total. The Balaban J connectivity index is 2.27. The summed E-state index contributed by atoms with van der Waals surface area (Å²) in [5.74, 6) is 2.23. The summed E-state index contributed by atoms with van der Waals surface area (Å²) in [7, 11) is 0. The third-order valence-electron chi connectivity index (χ3n) is 2.58. The molecule has 1 heterocycles. The second-order valence-electron chi connectivity index (χ2n) is 3.66. The monoisotopic (exact) mass is 241 g/mol. The lowest BCUT2D eigenvalue weighted by Gasteiger charge is -2.09. The molecule has 0 radical (unpaired) electrons. The van der Waals surface area contributed by atoms with E-state index in [0.29, 0.717) is 16.3 Å². The number of benzene rings is 1. The zero-order chi connectivity index (χ0) is 10.8. The molecule has 0 amide bonds. The lowest BCUT2D eigenvalue weighted by molar-refractivity contribution is 0.0934. The normalized spacial score (nSPS) is 20.5. The lowest BCUT2D eigenvalue weighted by atomic mass is 9.96. The van der Waals surface area contributed by atoms with E-state index in [0.717, 1.165) is 17.9 Å². The van der Waals surface area contributed by atoms with Crippen LogP contribution in [0.3, 0.4) is 0 Å². The van der Waals surface area contributed by atoms with Crippen LogP contribution in [0.4, 0.5) is 5.69 Å². The van der Waals surface area contributed by atoms with Crippen molar-refractivity contribution in [2.75, 3.05) is 17.2 Å². The number of carbonyl (C=O) groups is 1. The van der Waals surface area contributed by atoms with Gasteiger partial charge in [0.2, 0.25) is 0 Å². The third-order valence-corrected chi connectivity index (χ3v) is 3.98. The van der Waals surface area contributed by atoms with E-state index in [9.17, 15) is 4.79 Å². The standard InChI is InChI=1S/C11H12ClNOS/c12-8-1-2-10(13)9(5-8)11(14)7-3-4-15-6-7/h1-2,5,7H,3-4,6,13H2. The first-order chi connectivity index (χ1) is 7.18. The average molecular weight is 242 g/mol. The van der Waals surface area contributed by atoms with E-state index >= 15 is 0 Å². The Kier molecular flexibility index (Phi) is 3.22. The Hall–Kier alpha value is -0.670. The molecule has 1 atom stereocenters. The minimum atomic E-state index is 0.121. The molecule has 1 aliphatic rings. The van der Waals surface area contributed by atoms with Crippen LogP contribution < -0.4 is 5.73 Å². The Morgan fingerprint density at radius 2 is 2.33 bits per heavy atom. The second-order valence-corrected chi connectivity index (χ2v) is 5.24. The van der Waals surface area contributed by atoms with E-state index in [4.69, 9.17) is 17.3 Å². The van der Waals surface area contributed by atoms with Gasteiger partial charge < -0.3 is 5.73 Å². The van der Waals surface area contributed by atoms with Crippen molar-refractivity contribution < 1.29 is 4.79 Å². The number of carbonyl (C=O) groups excluding carboxylic acids is 1. The molecule has 1 unspecified atom stereocenters. The summed E-state index contributed by atoms with van der Waals surface area (Å²) in [6.45, 7) is 0. The van der Waals surface area contributed by atoms with Crippen molar-refractivity contribution in [3.05, 3.63) is 28.8 Å². The highest BCUT2D eigenvalue weighted by molar-refractivity contribution is 7.99. The lowest BCUT2D eigenvalue weighted by Crippen LogP contribution is -2.15. The van der Waals surface area contributed by atoms with E-state index in [2.05, 4.69) is 0 Å². The SMILES string of the molecule is Nc1ccc(Cl)cc1C(=O)C1CCSC1. The van der Waals surface area contributed by atoms with Gasteiger partial charge in [-0.2, -0.15) is 11.8 Å². The zero-order valence-corrected chi connectivity index (χ0v) is 9.77. The van der Waals surface area contributed by atoms with Crippen molar-refractivity contribution in [3.8, 4) is 0 Å². The Morgan fingerprint density at radius 1 is 1.53 bits per heavy atom. The van der Waals surface area contributed by atoms with E-state index in [1.807, 2.05) is 11.8 Å². The fraction of sp³-hybridized carbons (Fsp3) is 0.364. The fourth-order valence-electron chi connectivity index (χ4n) is 1.70. The molecule has 80 valence electrons. The third kappa shape index (κ3) is 2.29. The number of hydrogen-bond donors (Lipinski definition) is 1. The van der Waals surface area contributed by atoms with Crippen LogP contribution in [0, 0.1) is 5.92 Å². The summed E-state index contributed by atoms with van der Waals surface area (Å²) >= 11 is 7.68. The van der Waals surface area contributed by atoms with Gasteiger partial charge in [-0.15, -0.1) is 0 Å². The topological polar surface area (TPSA) is 43.1 Å². The van der Waals surface area contributed by atoms with Crippen molar-refractivity contribution in [2.24, 2.45) is 5.92 Å². The smallest absolute Gasteiger partial charge is 0.168 e. The summed E-state index contributed by atoms with van der Waals surface area (Å²) in [6, 6.07) is 5.07. The number of anilines is 1. The molecule has 0 aliphatic carbocycles. The Bertz CT molecular complexity index is 388. The minimum absolute atomic E-state index is 0.121. The largest absolute Gasteiger partial charge is 0.398 e. The van der Waals surface area contributed by atoms with Gasteiger partial charge in [0.1, 0.15) is 0 Å². The zero-order valence-electron chi connectivity index (χ0n) is 8.20. The average Bonchev–Trinajstić information content (AvgIpc) is 2.74. The van der Waals surface area contributed by atoms with Gasteiger partial charge >= 0.3 is 0 Å². The van der Waals surface area contributed by atoms with Gasteiger partial charge in [-0.1, -0.05) is 11.6 Å². The molecule has 1 aromatic rings. The van der Waals surface area contributed by atoms with Crippen molar-refractivity contribution in [1.82, 2.24) is 0 Å². The van der Waals surface area contributed by atoms with Gasteiger partial charge in [0.15, 0.2) is 5.78 Å². The molecule has 2 N–H and O–H groups in total. The van der Waals surface area contributed by atoms with E-state index < -0.39 is 0 Å². The van der Waals surface area contributed by atoms with Crippen LogP contribution in [-0.2, 0) is 0 Å². The van der Waals surface area contributed by atoms with Crippen LogP contribution in [0.25, 0.3) is 0 Å². The molecule has 0 spiro atoms. The second kappa shape index (κ2) is 4.45. The fourth-order valence-corrected chi connectivity index (χ4v) is 3.10. The first kappa shape index (κ1) is 10.8. The first-order valence-corrected chi connectivity index (χ1v) is 6.39. The van der Waals surface area contributed by atoms with Crippen molar-refractivity contribution >= 4 is 34.8 Å². The maximum absolute atomic E-state index is 12.1. The van der Waals surface area contributed by atoms with Crippen LogP contribution in [0.2, 0.25) is 5.02 Å². The molecule has 0 aromatic heterocycles. The van der Waals surface area contributed by atoms with Gasteiger partial charge in [0.05, 0.1) is 0 Å². The van der Waals surface area contributed by atoms with Crippen molar-refractivity contribution in [1.29, 1.82) is 0 Å². The van der Waals surface area contributed by atoms with E-state index in [1.165, 1.54) is 0 Å². The summed E-state index contributed by atoms with van der Waals surface area (Å²) < 4.78 is 0. The summed E-state index contributed by atoms with van der Waals surface area (Å²) in [5, 5.41) is 0.568. The van der Waals surface area contributed by atoms with Gasteiger partial charge in [-0.3, -0.25) is 4.79 Å². The number of thioether (sulfide) groups is 1. The van der Waals surface area contributed by atoms with E-state index in [-0.39, 0.29) is 11.7 Å². The maximum atomic E-state index is 12.1. The van der Waals surface area contributed by atoms with Crippen LogP contribution in [0.15, 0.2) is 18.2 Å². The predicted octanol–water partition coefficient (Wildman–Crippen LogP) is 2.86. The summed E-state index contributed by atoms with van der Waals surface area (Å²) in [6.07, 6.45) is 0.954. The number of nitrogens with two attached hydrogens (primary N) is 1. The highest BCUT2D eigenvalue weighted by atomic mass is 35.5. The number of Topliss-reactive ketones (excluding diaryl/α,β-unsaturated/α-hetero) is 1. The van der Waals surface area contributed by atoms with Gasteiger partial charge in [0, 0.05) is 27.9 Å². The summed E-state index contributed by atoms with van der Waals surface area (Å²) in [4.78, 5) is 12.1. The highest BCUT2D eigenvalue weighted by Crippen LogP contribution is 2.29. The predicted molar refractivity (Wildman–Crippen MR) is 65.6 cm³/mol. The van der Waals surface area contributed by atoms with Gasteiger partial charge in [0.25, 0.3) is 0 Å². The molecular formula is C11H12ClNOS. The quantitative estimate of drug-likeness (QED) is 0.640. The molecule has 4 heteroatoms. The number of nitrogen functional groups attached to an aromatic ring is 1. The van der Waals surface area contributed by atoms with Crippen LogP contribution in [-0.4, -0.2) is 17.3 Å². The number of ketones is 1. The number of halogens is 1.